The Morgan fingerprint density at radius 2 is 1.77 bits per heavy atom. The summed E-state index contributed by atoms with van der Waals surface area (Å²) in [5, 5.41) is 15.0. The summed E-state index contributed by atoms with van der Waals surface area (Å²) < 4.78 is 20.7. The maximum atomic E-state index is 11.2. The second kappa shape index (κ2) is 7.51. The monoisotopic (exact) mass is 357 g/mol. The van der Waals surface area contributed by atoms with E-state index >= 15 is 0 Å². The SMILES string of the molecule is COc1ccc(-c2nc(COc3ccc(OC)cc3[N+](=O)[O-])no2)cc1. The van der Waals surface area contributed by atoms with E-state index in [1.807, 2.05) is 0 Å². The fraction of sp³-hybridized carbons (Fsp3) is 0.176. The molecule has 0 bridgehead atoms. The zero-order valence-corrected chi connectivity index (χ0v) is 14.0. The minimum Gasteiger partial charge on any atom is -0.497 e. The lowest BCUT2D eigenvalue weighted by Crippen LogP contribution is -2.01. The Labute approximate surface area is 148 Å². The summed E-state index contributed by atoms with van der Waals surface area (Å²) in [4.78, 5) is 14.8. The highest BCUT2D eigenvalue weighted by atomic mass is 16.6. The number of nitro benzene ring substituents is 1. The summed E-state index contributed by atoms with van der Waals surface area (Å²) in [6.45, 7) is -0.0766. The van der Waals surface area contributed by atoms with Crippen molar-refractivity contribution in [3.05, 3.63) is 58.4 Å². The van der Waals surface area contributed by atoms with Gasteiger partial charge in [-0.05, 0) is 36.4 Å². The smallest absolute Gasteiger partial charge is 0.314 e. The Hall–Kier alpha value is -3.62. The molecule has 1 heterocycles. The number of nitro groups is 1. The second-order valence-corrected chi connectivity index (χ2v) is 5.12. The third kappa shape index (κ3) is 3.72. The molecule has 0 radical (unpaired) electrons. The summed E-state index contributed by atoms with van der Waals surface area (Å²) in [7, 11) is 3.01. The average Bonchev–Trinajstić information content (AvgIpc) is 3.15. The van der Waals surface area contributed by atoms with Crippen molar-refractivity contribution in [2.24, 2.45) is 0 Å². The molecule has 3 rings (SSSR count). The molecule has 0 saturated heterocycles. The highest BCUT2D eigenvalue weighted by Crippen LogP contribution is 2.31. The molecule has 1 aromatic heterocycles. The fourth-order valence-electron chi connectivity index (χ4n) is 2.19. The molecule has 0 spiro atoms. The Morgan fingerprint density at radius 1 is 1.08 bits per heavy atom. The standard InChI is InChI=1S/C17H15N3O6/c1-23-12-5-3-11(4-6-12)17-18-16(19-26-17)10-25-15-8-7-13(24-2)9-14(15)20(21)22/h3-9H,10H2,1-2H3. The van der Waals surface area contributed by atoms with Crippen LogP contribution in [0.4, 0.5) is 5.69 Å². The predicted octanol–water partition coefficient (Wildman–Crippen LogP) is 3.24. The first-order chi connectivity index (χ1) is 12.6. The van der Waals surface area contributed by atoms with E-state index in [2.05, 4.69) is 10.1 Å². The normalized spacial score (nSPS) is 10.4. The second-order valence-electron chi connectivity index (χ2n) is 5.12. The van der Waals surface area contributed by atoms with Crippen LogP contribution in [-0.2, 0) is 6.61 Å². The van der Waals surface area contributed by atoms with Crippen LogP contribution in [-0.4, -0.2) is 29.3 Å². The van der Waals surface area contributed by atoms with Crippen molar-refractivity contribution < 1.29 is 23.7 Å². The Morgan fingerprint density at radius 3 is 2.42 bits per heavy atom. The molecule has 0 aliphatic rings. The zero-order chi connectivity index (χ0) is 18.5. The highest BCUT2D eigenvalue weighted by Gasteiger charge is 2.18. The Kier molecular flexibility index (Phi) is 4.97. The summed E-state index contributed by atoms with van der Waals surface area (Å²) >= 11 is 0. The van der Waals surface area contributed by atoms with E-state index in [9.17, 15) is 10.1 Å². The van der Waals surface area contributed by atoms with Crippen molar-refractivity contribution in [2.45, 2.75) is 6.61 Å². The minimum absolute atomic E-state index is 0.0766. The van der Waals surface area contributed by atoms with E-state index in [1.54, 1.807) is 37.4 Å². The van der Waals surface area contributed by atoms with Crippen LogP contribution < -0.4 is 14.2 Å². The van der Waals surface area contributed by atoms with Crippen molar-refractivity contribution >= 4 is 5.69 Å². The molecular formula is C17H15N3O6. The van der Waals surface area contributed by atoms with Gasteiger partial charge in [-0.3, -0.25) is 10.1 Å². The molecule has 0 N–H and O–H groups in total. The molecule has 9 nitrogen and oxygen atoms in total. The minimum atomic E-state index is -0.545. The number of aromatic nitrogens is 2. The number of rotatable bonds is 7. The lowest BCUT2D eigenvalue weighted by atomic mass is 10.2. The maximum Gasteiger partial charge on any atom is 0.314 e. The van der Waals surface area contributed by atoms with Gasteiger partial charge >= 0.3 is 5.69 Å². The molecule has 2 aromatic carbocycles. The van der Waals surface area contributed by atoms with Gasteiger partial charge in [0.15, 0.2) is 12.4 Å². The largest absolute Gasteiger partial charge is 0.497 e. The van der Waals surface area contributed by atoms with Crippen LogP contribution in [0.15, 0.2) is 47.0 Å². The maximum absolute atomic E-state index is 11.2. The van der Waals surface area contributed by atoms with Crippen LogP contribution in [0.2, 0.25) is 0 Å². The van der Waals surface area contributed by atoms with Crippen molar-refractivity contribution in [1.82, 2.24) is 10.1 Å². The van der Waals surface area contributed by atoms with Crippen LogP contribution in [0.25, 0.3) is 11.5 Å². The van der Waals surface area contributed by atoms with Gasteiger partial charge in [0.25, 0.3) is 5.89 Å². The van der Waals surface area contributed by atoms with Crippen molar-refractivity contribution in [3.8, 4) is 28.7 Å². The van der Waals surface area contributed by atoms with Crippen LogP contribution in [0.5, 0.6) is 17.2 Å². The van der Waals surface area contributed by atoms with Gasteiger partial charge in [0.1, 0.15) is 11.5 Å². The van der Waals surface area contributed by atoms with E-state index in [0.717, 1.165) is 5.56 Å². The number of hydrogen-bond donors (Lipinski definition) is 0. The summed E-state index contributed by atoms with van der Waals surface area (Å²) in [5.74, 6) is 1.75. The van der Waals surface area contributed by atoms with Gasteiger partial charge in [0, 0.05) is 5.56 Å². The summed E-state index contributed by atoms with van der Waals surface area (Å²) in [6, 6.07) is 11.4. The molecule has 0 atom stereocenters. The molecule has 0 aliphatic heterocycles. The number of methoxy groups -OCH3 is 2. The van der Waals surface area contributed by atoms with E-state index in [4.69, 9.17) is 18.7 Å². The van der Waals surface area contributed by atoms with Gasteiger partial charge < -0.3 is 18.7 Å². The van der Waals surface area contributed by atoms with Crippen molar-refractivity contribution in [1.29, 1.82) is 0 Å². The molecule has 9 heteroatoms. The van der Waals surface area contributed by atoms with Gasteiger partial charge in [-0.1, -0.05) is 5.16 Å². The Balaban J connectivity index is 1.73. The molecule has 0 unspecified atom stereocenters. The van der Waals surface area contributed by atoms with Crippen LogP contribution in [0.1, 0.15) is 5.82 Å². The summed E-state index contributed by atoms with van der Waals surface area (Å²) in [5.41, 5.74) is 0.517. The lowest BCUT2D eigenvalue weighted by molar-refractivity contribution is -0.386. The van der Waals surface area contributed by atoms with Gasteiger partial charge in [-0.15, -0.1) is 0 Å². The number of benzene rings is 2. The van der Waals surface area contributed by atoms with Crippen LogP contribution >= 0.6 is 0 Å². The molecular weight excluding hydrogens is 342 g/mol. The molecule has 0 aliphatic carbocycles. The fourth-order valence-corrected chi connectivity index (χ4v) is 2.19. The molecule has 0 saturated carbocycles. The van der Waals surface area contributed by atoms with Gasteiger partial charge in [0.05, 0.1) is 25.2 Å². The Bertz CT molecular complexity index is 907. The van der Waals surface area contributed by atoms with Crippen molar-refractivity contribution in [3.63, 3.8) is 0 Å². The topological polar surface area (TPSA) is 110 Å². The van der Waals surface area contributed by atoms with Gasteiger partial charge in [-0.2, -0.15) is 4.98 Å². The van der Waals surface area contributed by atoms with Gasteiger partial charge in [0.2, 0.25) is 5.82 Å². The molecule has 26 heavy (non-hydrogen) atoms. The van der Waals surface area contributed by atoms with Gasteiger partial charge in [-0.25, -0.2) is 0 Å². The van der Waals surface area contributed by atoms with E-state index in [-0.39, 0.29) is 23.9 Å². The molecule has 134 valence electrons. The summed E-state index contributed by atoms with van der Waals surface area (Å²) in [6.07, 6.45) is 0. The quantitative estimate of drug-likeness (QED) is 0.468. The predicted molar refractivity (Wildman–Crippen MR) is 90.3 cm³/mol. The molecule has 0 fully saturated rings. The van der Waals surface area contributed by atoms with Crippen molar-refractivity contribution in [2.75, 3.05) is 14.2 Å². The lowest BCUT2D eigenvalue weighted by Gasteiger charge is -2.06. The highest BCUT2D eigenvalue weighted by molar-refractivity contribution is 5.54. The first-order valence-electron chi connectivity index (χ1n) is 7.53. The van der Waals surface area contributed by atoms with E-state index in [0.29, 0.717) is 17.4 Å². The van der Waals surface area contributed by atoms with Crippen LogP contribution in [0.3, 0.4) is 0 Å². The van der Waals surface area contributed by atoms with E-state index < -0.39 is 4.92 Å². The number of hydrogen-bond acceptors (Lipinski definition) is 8. The van der Waals surface area contributed by atoms with E-state index in [1.165, 1.54) is 19.2 Å². The first kappa shape index (κ1) is 17.2. The number of nitrogens with zero attached hydrogens (tertiary/aromatic N) is 3. The first-order valence-corrected chi connectivity index (χ1v) is 7.53. The molecule has 3 aromatic rings. The van der Waals surface area contributed by atoms with Crippen LogP contribution in [0, 0.1) is 10.1 Å². The third-order valence-electron chi connectivity index (χ3n) is 3.52. The zero-order valence-electron chi connectivity index (χ0n) is 14.0. The average molecular weight is 357 g/mol. The molecule has 0 amide bonds. The third-order valence-corrected chi connectivity index (χ3v) is 3.52. The number of ether oxygens (including phenoxy) is 3.